The number of hydrogen-bond acceptors (Lipinski definition) is 7. The molecule has 9 heteroatoms. The number of allylic oxidation sites excluding steroid dienone is 1. The van der Waals surface area contributed by atoms with Gasteiger partial charge in [0.15, 0.2) is 11.5 Å². The van der Waals surface area contributed by atoms with E-state index >= 15 is 0 Å². The van der Waals surface area contributed by atoms with Crippen molar-refractivity contribution in [2.45, 2.75) is 6.54 Å². The first-order valence-electron chi connectivity index (χ1n) is 9.55. The number of hydrazone groups is 1. The molecule has 9 nitrogen and oxygen atoms in total. The number of para-hydroxylation sites is 1. The van der Waals surface area contributed by atoms with Crippen LogP contribution in [-0.2, 0) is 6.54 Å². The first-order chi connectivity index (χ1) is 15.5. The van der Waals surface area contributed by atoms with Crippen LogP contribution in [0.5, 0.6) is 23.0 Å². The van der Waals surface area contributed by atoms with Crippen molar-refractivity contribution < 1.29 is 24.1 Å². The minimum absolute atomic E-state index is 0.173. The van der Waals surface area contributed by atoms with Crippen molar-refractivity contribution in [3.63, 3.8) is 0 Å². The summed E-state index contributed by atoms with van der Waals surface area (Å²) in [6.07, 6.45) is 2.87. The summed E-state index contributed by atoms with van der Waals surface area (Å²) in [7, 11) is 4.47. The second-order valence-electron chi connectivity index (χ2n) is 6.59. The maximum Gasteiger partial charge on any atom is 0.280 e. The number of carbonyl (C=O) groups is 1. The van der Waals surface area contributed by atoms with Crippen LogP contribution in [-0.4, -0.2) is 43.1 Å². The van der Waals surface area contributed by atoms with Gasteiger partial charge in [0, 0.05) is 23.6 Å². The number of amides is 1. The van der Waals surface area contributed by atoms with Gasteiger partial charge in [-0.3, -0.25) is 9.59 Å². The molecular weight excluding hydrogens is 414 g/mol. The molecule has 0 aliphatic rings. The highest BCUT2D eigenvalue weighted by atomic mass is 16.5. The van der Waals surface area contributed by atoms with Gasteiger partial charge in [0.1, 0.15) is 17.1 Å². The summed E-state index contributed by atoms with van der Waals surface area (Å²) in [5, 5.41) is 14.9. The highest BCUT2D eigenvalue weighted by molar-refractivity contribution is 6.02. The van der Waals surface area contributed by atoms with Crippen molar-refractivity contribution in [2.24, 2.45) is 5.10 Å². The molecule has 0 atom stereocenters. The maximum absolute atomic E-state index is 12.9. The largest absolute Gasteiger partial charge is 0.506 e. The first kappa shape index (κ1) is 22.4. The summed E-state index contributed by atoms with van der Waals surface area (Å²) in [5.41, 5.74) is 2.20. The van der Waals surface area contributed by atoms with Crippen molar-refractivity contribution >= 4 is 23.0 Å². The standard InChI is InChI=1S/C23H23N3O6/c1-5-10-26-16-9-7-6-8-15(16)21(27)20(23(26)29)22(28)25-24-13-14-11-18(31-3)19(32-4)12-17(14)30-2/h5-9,11-13,27H,1,10H2,2-4H3,(H,25,28)/b24-13-. The molecule has 1 aromatic heterocycles. The van der Waals surface area contributed by atoms with Gasteiger partial charge < -0.3 is 23.9 Å². The maximum atomic E-state index is 12.9. The Labute approximate surface area is 184 Å². The smallest absolute Gasteiger partial charge is 0.280 e. The van der Waals surface area contributed by atoms with Crippen LogP contribution in [0.15, 0.2) is 58.9 Å². The molecule has 0 saturated heterocycles. The molecule has 0 fully saturated rings. The van der Waals surface area contributed by atoms with Crippen LogP contribution in [0.25, 0.3) is 10.9 Å². The van der Waals surface area contributed by atoms with E-state index < -0.39 is 22.8 Å². The number of aromatic hydroxyl groups is 1. The molecule has 2 aromatic carbocycles. The molecule has 0 radical (unpaired) electrons. The Morgan fingerprint density at radius 3 is 2.44 bits per heavy atom. The Morgan fingerprint density at radius 2 is 1.78 bits per heavy atom. The average molecular weight is 437 g/mol. The minimum Gasteiger partial charge on any atom is -0.506 e. The lowest BCUT2D eigenvalue weighted by atomic mass is 10.1. The van der Waals surface area contributed by atoms with E-state index in [0.29, 0.717) is 33.7 Å². The Hall–Kier alpha value is -4.27. The predicted molar refractivity (Wildman–Crippen MR) is 121 cm³/mol. The number of aromatic nitrogens is 1. The molecule has 166 valence electrons. The van der Waals surface area contributed by atoms with Gasteiger partial charge >= 0.3 is 0 Å². The average Bonchev–Trinajstić information content (AvgIpc) is 2.81. The zero-order chi connectivity index (χ0) is 23.3. The number of nitrogens with zero attached hydrogens (tertiary/aromatic N) is 2. The van der Waals surface area contributed by atoms with E-state index in [1.165, 1.54) is 38.2 Å². The molecule has 1 amide bonds. The van der Waals surface area contributed by atoms with Gasteiger partial charge in [-0.25, -0.2) is 5.43 Å². The molecule has 0 bridgehead atoms. The normalized spacial score (nSPS) is 10.8. The third-order valence-corrected chi connectivity index (χ3v) is 4.79. The highest BCUT2D eigenvalue weighted by Crippen LogP contribution is 2.33. The molecule has 0 spiro atoms. The molecular formula is C23H23N3O6. The molecule has 3 aromatic rings. The van der Waals surface area contributed by atoms with E-state index in [4.69, 9.17) is 14.2 Å². The molecule has 32 heavy (non-hydrogen) atoms. The third-order valence-electron chi connectivity index (χ3n) is 4.79. The van der Waals surface area contributed by atoms with E-state index in [1.54, 1.807) is 36.4 Å². The van der Waals surface area contributed by atoms with Crippen molar-refractivity contribution in [1.82, 2.24) is 9.99 Å². The zero-order valence-electron chi connectivity index (χ0n) is 17.9. The number of carbonyl (C=O) groups excluding carboxylic acids is 1. The third kappa shape index (κ3) is 4.13. The van der Waals surface area contributed by atoms with E-state index in [0.717, 1.165) is 0 Å². The van der Waals surface area contributed by atoms with Gasteiger partial charge in [0.25, 0.3) is 11.5 Å². The van der Waals surface area contributed by atoms with Gasteiger partial charge in [-0.15, -0.1) is 6.58 Å². The Balaban J connectivity index is 1.97. The topological polar surface area (TPSA) is 111 Å². The van der Waals surface area contributed by atoms with E-state index in [1.807, 2.05) is 0 Å². The SMILES string of the molecule is C=CCn1c(=O)c(C(=O)N/N=C\c2cc(OC)c(OC)cc2OC)c(O)c2ccccc21. The lowest BCUT2D eigenvalue weighted by molar-refractivity contribution is 0.0950. The second kappa shape index (κ2) is 9.69. The Kier molecular flexibility index (Phi) is 6.79. The van der Waals surface area contributed by atoms with Gasteiger partial charge in [0.2, 0.25) is 0 Å². The van der Waals surface area contributed by atoms with E-state index in [2.05, 4.69) is 17.1 Å². The fourth-order valence-electron chi connectivity index (χ4n) is 3.27. The number of fused-ring (bicyclic) bond motifs is 1. The molecule has 2 N–H and O–H groups in total. The Bertz CT molecular complexity index is 1260. The number of methoxy groups -OCH3 is 3. The summed E-state index contributed by atoms with van der Waals surface area (Å²) in [5.74, 6) is 0.0755. The fourth-order valence-corrected chi connectivity index (χ4v) is 3.27. The van der Waals surface area contributed by atoms with Crippen molar-refractivity contribution in [2.75, 3.05) is 21.3 Å². The van der Waals surface area contributed by atoms with Gasteiger partial charge in [-0.05, 0) is 18.2 Å². The quantitative estimate of drug-likeness (QED) is 0.318. The van der Waals surface area contributed by atoms with Gasteiger partial charge in [0.05, 0.1) is 33.1 Å². The van der Waals surface area contributed by atoms with Crippen molar-refractivity contribution in [3.05, 3.63) is 70.5 Å². The fraction of sp³-hybridized carbons (Fsp3) is 0.174. The van der Waals surface area contributed by atoms with Crippen LogP contribution < -0.4 is 25.2 Å². The highest BCUT2D eigenvalue weighted by Gasteiger charge is 2.21. The summed E-state index contributed by atoms with van der Waals surface area (Å²) >= 11 is 0. The van der Waals surface area contributed by atoms with Crippen molar-refractivity contribution in [3.8, 4) is 23.0 Å². The van der Waals surface area contributed by atoms with Crippen molar-refractivity contribution in [1.29, 1.82) is 0 Å². The number of ether oxygens (including phenoxy) is 3. The summed E-state index contributed by atoms with van der Waals surface area (Å²) in [6, 6.07) is 9.99. The number of rotatable bonds is 8. The zero-order valence-corrected chi connectivity index (χ0v) is 17.9. The van der Waals surface area contributed by atoms with Gasteiger partial charge in [-0.1, -0.05) is 18.2 Å². The number of pyridine rings is 1. The lowest BCUT2D eigenvalue weighted by Gasteiger charge is -2.13. The second-order valence-corrected chi connectivity index (χ2v) is 6.59. The van der Waals surface area contributed by atoms with E-state index in [9.17, 15) is 14.7 Å². The number of hydrogen-bond donors (Lipinski definition) is 2. The first-order valence-corrected chi connectivity index (χ1v) is 9.55. The number of benzene rings is 2. The van der Waals surface area contributed by atoms with Crippen LogP contribution in [0, 0.1) is 0 Å². The minimum atomic E-state index is -0.855. The molecule has 3 rings (SSSR count). The number of nitrogens with one attached hydrogen (secondary N) is 1. The van der Waals surface area contributed by atoms with Crippen LogP contribution in [0.4, 0.5) is 0 Å². The molecule has 0 saturated carbocycles. The van der Waals surface area contributed by atoms with Crippen LogP contribution in [0.1, 0.15) is 15.9 Å². The lowest BCUT2D eigenvalue weighted by Crippen LogP contribution is -2.31. The molecule has 1 heterocycles. The monoisotopic (exact) mass is 437 g/mol. The predicted octanol–water partition coefficient (Wildman–Crippen LogP) is 2.68. The molecule has 0 unspecified atom stereocenters. The van der Waals surface area contributed by atoms with Crippen LogP contribution >= 0.6 is 0 Å². The van der Waals surface area contributed by atoms with Crippen LogP contribution in [0.3, 0.4) is 0 Å². The van der Waals surface area contributed by atoms with E-state index in [-0.39, 0.29) is 6.54 Å². The summed E-state index contributed by atoms with van der Waals surface area (Å²) in [4.78, 5) is 25.7. The summed E-state index contributed by atoms with van der Waals surface area (Å²) < 4.78 is 17.2. The van der Waals surface area contributed by atoms with Crippen LogP contribution in [0.2, 0.25) is 0 Å². The Morgan fingerprint density at radius 1 is 1.12 bits per heavy atom. The molecule has 0 aliphatic carbocycles. The van der Waals surface area contributed by atoms with Gasteiger partial charge in [-0.2, -0.15) is 5.10 Å². The molecule has 0 aliphatic heterocycles. The summed E-state index contributed by atoms with van der Waals surface area (Å²) in [6.45, 7) is 3.82.